The SMILES string of the molecule is CC1COP(=[Se])(Nc2ccccc2)OC1. The molecule has 0 aromatic heterocycles. The van der Waals surface area contributed by atoms with Gasteiger partial charge in [-0.3, -0.25) is 0 Å². The standard InChI is InChI=1S/C10H14NO2PSe/c1-9-7-12-14(15,13-8-9)11-10-5-3-2-4-6-10/h2-6,9H,7-8H2,1H3,(H,11,15). The minimum atomic E-state index is -2.00. The topological polar surface area (TPSA) is 30.5 Å². The van der Waals surface area contributed by atoms with E-state index in [1.54, 1.807) is 0 Å². The fraction of sp³-hybridized carbons (Fsp3) is 0.400. The van der Waals surface area contributed by atoms with Crippen LogP contribution in [0.4, 0.5) is 5.69 Å². The van der Waals surface area contributed by atoms with Crippen molar-refractivity contribution in [3.05, 3.63) is 30.3 Å². The maximum atomic E-state index is 5.70. The minimum absolute atomic E-state index is 0.476. The molecule has 1 aromatic rings. The average molecular weight is 290 g/mol. The summed E-state index contributed by atoms with van der Waals surface area (Å²) in [6.07, 6.45) is -2.00. The van der Waals surface area contributed by atoms with Crippen LogP contribution in [0.15, 0.2) is 30.3 Å². The van der Waals surface area contributed by atoms with Gasteiger partial charge in [0.25, 0.3) is 0 Å². The molecule has 1 heterocycles. The van der Waals surface area contributed by atoms with Gasteiger partial charge in [-0.1, -0.05) is 0 Å². The first kappa shape index (κ1) is 11.4. The monoisotopic (exact) mass is 291 g/mol. The first-order valence-corrected chi connectivity index (χ1v) is 8.74. The second-order valence-corrected chi connectivity index (χ2v) is 8.43. The molecule has 0 bridgehead atoms. The summed E-state index contributed by atoms with van der Waals surface area (Å²) in [5.41, 5.74) is 1.03. The fourth-order valence-corrected chi connectivity index (χ4v) is 4.27. The molecular weight excluding hydrogens is 276 g/mol. The Labute approximate surface area is 97.6 Å². The predicted octanol–water partition coefficient (Wildman–Crippen LogP) is 2.63. The average Bonchev–Trinajstić information content (AvgIpc) is 2.24. The maximum absolute atomic E-state index is 5.70. The second-order valence-electron chi connectivity index (χ2n) is 3.67. The van der Waals surface area contributed by atoms with Crippen LogP contribution < -0.4 is 5.09 Å². The van der Waals surface area contributed by atoms with E-state index in [9.17, 15) is 0 Å². The molecular formula is C10H14NO2PSe. The quantitative estimate of drug-likeness (QED) is 0.671. The van der Waals surface area contributed by atoms with Gasteiger partial charge in [0.2, 0.25) is 0 Å². The van der Waals surface area contributed by atoms with Gasteiger partial charge in [0.15, 0.2) is 0 Å². The van der Waals surface area contributed by atoms with Gasteiger partial charge < -0.3 is 0 Å². The van der Waals surface area contributed by atoms with Crippen LogP contribution in [0.3, 0.4) is 0 Å². The molecule has 82 valence electrons. The number of benzene rings is 1. The van der Waals surface area contributed by atoms with Gasteiger partial charge in [-0.15, -0.1) is 0 Å². The normalized spacial score (nSPS) is 31.1. The Morgan fingerprint density at radius 3 is 2.47 bits per heavy atom. The number of hydrogen-bond donors (Lipinski definition) is 1. The van der Waals surface area contributed by atoms with Gasteiger partial charge in [0, 0.05) is 0 Å². The van der Waals surface area contributed by atoms with Gasteiger partial charge in [-0.25, -0.2) is 0 Å². The van der Waals surface area contributed by atoms with Gasteiger partial charge in [-0.2, -0.15) is 0 Å². The molecule has 1 aliphatic heterocycles. The van der Waals surface area contributed by atoms with Gasteiger partial charge in [-0.05, 0) is 0 Å². The Morgan fingerprint density at radius 1 is 1.27 bits per heavy atom. The Kier molecular flexibility index (Phi) is 3.65. The molecule has 0 unspecified atom stereocenters. The van der Waals surface area contributed by atoms with E-state index in [1.165, 1.54) is 0 Å². The number of hydrogen-bond acceptors (Lipinski definition) is 3. The molecule has 5 heteroatoms. The van der Waals surface area contributed by atoms with Crippen LogP contribution in [0, 0.1) is 5.92 Å². The van der Waals surface area contributed by atoms with E-state index in [1.807, 2.05) is 30.3 Å². The van der Waals surface area contributed by atoms with Crippen LogP contribution in [-0.4, -0.2) is 28.3 Å². The van der Waals surface area contributed by atoms with Crippen molar-refractivity contribution >= 4 is 26.9 Å². The van der Waals surface area contributed by atoms with E-state index in [-0.39, 0.29) is 0 Å². The van der Waals surface area contributed by atoms with Gasteiger partial charge >= 0.3 is 97.4 Å². The summed E-state index contributed by atoms with van der Waals surface area (Å²) >= 11 is 3.02. The summed E-state index contributed by atoms with van der Waals surface area (Å²) in [6.45, 7) is 3.62. The first-order valence-electron chi connectivity index (χ1n) is 4.90. The molecule has 0 radical (unpaired) electrons. The summed E-state index contributed by atoms with van der Waals surface area (Å²) in [5, 5.41) is 3.29. The summed E-state index contributed by atoms with van der Waals surface area (Å²) in [6, 6.07) is 9.97. The van der Waals surface area contributed by atoms with E-state index in [4.69, 9.17) is 9.05 Å². The van der Waals surface area contributed by atoms with Crippen molar-refractivity contribution in [2.45, 2.75) is 6.92 Å². The Hall–Kier alpha value is -0.111. The predicted molar refractivity (Wildman–Crippen MR) is 63.8 cm³/mol. The number of nitrogens with one attached hydrogen (secondary N) is 1. The number of anilines is 1. The van der Waals surface area contributed by atoms with Crippen LogP contribution in [0.1, 0.15) is 6.92 Å². The molecule has 1 N–H and O–H groups in total. The number of rotatable bonds is 2. The third-order valence-corrected chi connectivity index (χ3v) is 5.51. The van der Waals surface area contributed by atoms with Crippen molar-refractivity contribution in [1.82, 2.24) is 0 Å². The van der Waals surface area contributed by atoms with E-state index < -0.39 is 6.11 Å². The van der Waals surface area contributed by atoms with Crippen molar-refractivity contribution in [1.29, 1.82) is 0 Å². The van der Waals surface area contributed by atoms with Crippen molar-refractivity contribution in [2.75, 3.05) is 18.3 Å². The fourth-order valence-electron chi connectivity index (χ4n) is 1.27. The molecule has 3 nitrogen and oxygen atoms in total. The molecule has 0 aliphatic carbocycles. The molecule has 0 atom stereocenters. The van der Waals surface area contributed by atoms with Crippen LogP contribution in [0.2, 0.25) is 0 Å². The van der Waals surface area contributed by atoms with E-state index >= 15 is 0 Å². The third kappa shape index (κ3) is 3.17. The molecule has 1 aliphatic rings. The Morgan fingerprint density at radius 2 is 1.87 bits per heavy atom. The molecule has 2 rings (SSSR count). The number of para-hydroxylation sites is 1. The van der Waals surface area contributed by atoms with Crippen molar-refractivity contribution in [2.24, 2.45) is 5.92 Å². The molecule has 1 fully saturated rings. The molecule has 0 saturated carbocycles. The Bertz CT molecular complexity index is 359. The van der Waals surface area contributed by atoms with Gasteiger partial charge in [0.1, 0.15) is 0 Å². The van der Waals surface area contributed by atoms with Crippen molar-refractivity contribution < 1.29 is 9.05 Å². The summed E-state index contributed by atoms with van der Waals surface area (Å²) < 4.78 is 11.4. The summed E-state index contributed by atoms with van der Waals surface area (Å²) in [4.78, 5) is 0. The zero-order valence-electron chi connectivity index (χ0n) is 8.55. The zero-order chi connectivity index (χ0) is 10.7. The van der Waals surface area contributed by atoms with Crippen molar-refractivity contribution in [3.8, 4) is 0 Å². The van der Waals surface area contributed by atoms with Crippen LogP contribution in [0.5, 0.6) is 0 Å². The first-order chi connectivity index (χ1) is 7.18. The molecule has 0 spiro atoms. The molecule has 0 amide bonds. The van der Waals surface area contributed by atoms with Crippen LogP contribution in [-0.2, 0) is 9.05 Å². The summed E-state index contributed by atoms with van der Waals surface area (Å²) in [5.74, 6) is 0.476. The van der Waals surface area contributed by atoms with E-state index in [2.05, 4.69) is 27.1 Å². The van der Waals surface area contributed by atoms with Crippen LogP contribution >= 0.6 is 6.11 Å². The van der Waals surface area contributed by atoms with Crippen LogP contribution in [0.25, 0.3) is 0 Å². The Balaban J connectivity index is 2.03. The molecule has 1 aromatic carbocycles. The summed E-state index contributed by atoms with van der Waals surface area (Å²) in [7, 11) is 0. The second kappa shape index (κ2) is 4.82. The molecule has 1 saturated heterocycles. The van der Waals surface area contributed by atoms with Gasteiger partial charge in [0.05, 0.1) is 0 Å². The van der Waals surface area contributed by atoms with E-state index in [0.29, 0.717) is 5.92 Å². The molecule has 15 heavy (non-hydrogen) atoms. The van der Waals surface area contributed by atoms with Crippen molar-refractivity contribution in [3.63, 3.8) is 0 Å². The zero-order valence-corrected chi connectivity index (χ0v) is 11.2. The van der Waals surface area contributed by atoms with E-state index in [0.717, 1.165) is 18.9 Å². The third-order valence-electron chi connectivity index (χ3n) is 2.10.